The number of hydrogen-bond donors (Lipinski definition) is 2. The van der Waals surface area contributed by atoms with Gasteiger partial charge in [-0.3, -0.25) is 0 Å². The van der Waals surface area contributed by atoms with Gasteiger partial charge in [0.15, 0.2) is 0 Å². The predicted molar refractivity (Wildman–Crippen MR) is 83.2 cm³/mol. The maximum Gasteiger partial charge on any atom is 0.329 e. The van der Waals surface area contributed by atoms with Crippen LogP contribution in [0.15, 0.2) is 28.7 Å². The molecule has 21 heavy (non-hydrogen) atoms. The smallest absolute Gasteiger partial charge is 0.329 e. The van der Waals surface area contributed by atoms with Gasteiger partial charge in [0.2, 0.25) is 0 Å². The molecule has 2 unspecified atom stereocenters. The maximum atomic E-state index is 11.0. The summed E-state index contributed by atoms with van der Waals surface area (Å²) in [5.41, 5.74) is 0.616. The van der Waals surface area contributed by atoms with Crippen LogP contribution in [0.4, 0.5) is 0 Å². The third-order valence-corrected chi connectivity index (χ3v) is 5.10. The van der Waals surface area contributed by atoms with Crippen molar-refractivity contribution in [3.05, 3.63) is 34.3 Å². The minimum atomic E-state index is -0.907. The van der Waals surface area contributed by atoms with E-state index in [0.717, 1.165) is 35.7 Å². The van der Waals surface area contributed by atoms with Gasteiger partial charge < -0.3 is 15.2 Å². The molecule has 2 N–H and O–H groups in total. The Hall–Kier alpha value is -0.910. The zero-order valence-corrected chi connectivity index (χ0v) is 13.4. The molecular formula is C16H20BrNO3. The summed E-state index contributed by atoms with van der Waals surface area (Å²) in [6.45, 7) is -0.241. The van der Waals surface area contributed by atoms with Gasteiger partial charge in [-0.25, -0.2) is 4.79 Å². The second-order valence-electron chi connectivity index (χ2n) is 6.08. The van der Waals surface area contributed by atoms with E-state index < -0.39 is 11.6 Å². The van der Waals surface area contributed by atoms with Crippen molar-refractivity contribution in [1.29, 1.82) is 0 Å². The molecule has 2 saturated heterocycles. The molecule has 0 spiro atoms. The van der Waals surface area contributed by atoms with Gasteiger partial charge >= 0.3 is 5.97 Å². The molecule has 2 fully saturated rings. The van der Waals surface area contributed by atoms with Gasteiger partial charge in [-0.05, 0) is 43.4 Å². The predicted octanol–water partition coefficient (Wildman–Crippen LogP) is 3.05. The first kappa shape index (κ1) is 15.0. The van der Waals surface area contributed by atoms with Crippen molar-refractivity contribution in [1.82, 2.24) is 5.32 Å². The number of hydrogen-bond acceptors (Lipinski definition) is 3. The Balaban J connectivity index is 1.90. The molecule has 2 atom stereocenters. The fraction of sp³-hybridized carbons (Fsp3) is 0.562. The molecule has 2 heterocycles. The van der Waals surface area contributed by atoms with Crippen LogP contribution in [0.25, 0.3) is 0 Å². The van der Waals surface area contributed by atoms with Gasteiger partial charge in [0, 0.05) is 16.6 Å². The van der Waals surface area contributed by atoms with Crippen LogP contribution in [0.5, 0.6) is 0 Å². The van der Waals surface area contributed by atoms with E-state index in [1.807, 2.05) is 24.3 Å². The molecule has 1 aromatic rings. The molecule has 2 bridgehead atoms. The average Bonchev–Trinajstić information content (AvgIpc) is 2.45. The fourth-order valence-electron chi connectivity index (χ4n) is 3.70. The highest BCUT2D eigenvalue weighted by atomic mass is 79.9. The number of ether oxygens (including phenoxy) is 1. The number of piperidine rings is 2. The Morgan fingerprint density at radius 2 is 1.90 bits per heavy atom. The number of carboxylic acid groups (broad SMARTS) is 1. The summed E-state index contributed by atoms with van der Waals surface area (Å²) in [7, 11) is 0. The van der Waals surface area contributed by atoms with Crippen molar-refractivity contribution in [3.63, 3.8) is 0 Å². The Bertz CT molecular complexity index is 505. The molecule has 0 amide bonds. The van der Waals surface area contributed by atoms with E-state index in [-0.39, 0.29) is 6.61 Å². The lowest BCUT2D eigenvalue weighted by molar-refractivity contribution is -0.156. The van der Waals surface area contributed by atoms with Crippen molar-refractivity contribution in [3.8, 4) is 0 Å². The van der Waals surface area contributed by atoms with Crippen molar-refractivity contribution in [2.24, 2.45) is 0 Å². The summed E-state index contributed by atoms with van der Waals surface area (Å²) in [6, 6.07) is 8.95. The highest BCUT2D eigenvalue weighted by Crippen LogP contribution is 2.42. The number of fused-ring (bicyclic) bond motifs is 2. The Labute approximate surface area is 133 Å². The van der Waals surface area contributed by atoms with E-state index in [1.54, 1.807) is 0 Å². The van der Waals surface area contributed by atoms with Crippen LogP contribution in [-0.2, 0) is 15.1 Å². The second-order valence-corrected chi connectivity index (χ2v) is 7.00. The van der Waals surface area contributed by atoms with Crippen molar-refractivity contribution >= 4 is 21.9 Å². The Kier molecular flexibility index (Phi) is 4.33. The first-order chi connectivity index (χ1) is 10.1. The van der Waals surface area contributed by atoms with Crippen molar-refractivity contribution < 1.29 is 14.6 Å². The van der Waals surface area contributed by atoms with Crippen LogP contribution in [-0.4, -0.2) is 29.8 Å². The minimum Gasteiger partial charge on any atom is -0.480 e. The highest BCUT2D eigenvalue weighted by molar-refractivity contribution is 9.10. The van der Waals surface area contributed by atoms with Gasteiger partial charge in [-0.15, -0.1) is 0 Å². The zero-order chi connectivity index (χ0) is 14.9. The lowest BCUT2D eigenvalue weighted by atomic mass is 9.73. The summed E-state index contributed by atoms with van der Waals surface area (Å²) >= 11 is 3.45. The van der Waals surface area contributed by atoms with E-state index in [1.165, 1.54) is 6.42 Å². The number of aliphatic carboxylic acids is 1. The molecule has 0 aromatic heterocycles. The average molecular weight is 354 g/mol. The number of benzene rings is 1. The monoisotopic (exact) mass is 353 g/mol. The summed E-state index contributed by atoms with van der Waals surface area (Å²) in [6.07, 6.45) is 5.23. The number of carboxylic acids is 1. The van der Waals surface area contributed by atoms with Gasteiger partial charge in [0.1, 0.15) is 6.61 Å². The first-order valence-electron chi connectivity index (χ1n) is 7.45. The van der Waals surface area contributed by atoms with Gasteiger partial charge in [-0.2, -0.15) is 0 Å². The minimum absolute atomic E-state index is 0.241. The van der Waals surface area contributed by atoms with Crippen LogP contribution >= 0.6 is 15.9 Å². The Morgan fingerprint density at radius 3 is 2.48 bits per heavy atom. The Morgan fingerprint density at radius 1 is 1.29 bits per heavy atom. The summed E-state index contributed by atoms with van der Waals surface area (Å²) in [5, 5.41) is 12.6. The molecular weight excluding hydrogens is 334 g/mol. The van der Waals surface area contributed by atoms with Crippen LogP contribution in [0.3, 0.4) is 0 Å². The topological polar surface area (TPSA) is 58.6 Å². The number of rotatable bonds is 4. The van der Waals surface area contributed by atoms with E-state index in [9.17, 15) is 4.79 Å². The third-order valence-electron chi connectivity index (χ3n) is 4.57. The van der Waals surface area contributed by atoms with E-state index in [0.29, 0.717) is 12.1 Å². The van der Waals surface area contributed by atoms with Crippen molar-refractivity contribution in [2.75, 3.05) is 6.61 Å². The number of carbonyl (C=O) groups is 1. The lowest BCUT2D eigenvalue weighted by Gasteiger charge is -2.48. The molecule has 0 aliphatic carbocycles. The van der Waals surface area contributed by atoms with Gasteiger partial charge in [0.05, 0.1) is 5.60 Å². The SMILES string of the molecule is O=C(O)COC1(c2ccc(Br)cc2)CC2CCCC(C1)N2. The molecule has 0 saturated carbocycles. The normalized spacial score (nSPS) is 31.9. The summed E-state index contributed by atoms with van der Waals surface area (Å²) in [5.74, 6) is -0.907. The second kappa shape index (κ2) is 6.07. The fourth-order valence-corrected chi connectivity index (χ4v) is 3.97. The van der Waals surface area contributed by atoms with Crippen LogP contribution in [0.1, 0.15) is 37.7 Å². The largest absolute Gasteiger partial charge is 0.480 e. The van der Waals surface area contributed by atoms with E-state index in [4.69, 9.17) is 9.84 Å². The van der Waals surface area contributed by atoms with E-state index >= 15 is 0 Å². The van der Waals surface area contributed by atoms with Crippen LogP contribution < -0.4 is 5.32 Å². The molecule has 2 aliphatic rings. The highest BCUT2D eigenvalue weighted by Gasteiger charge is 2.44. The summed E-state index contributed by atoms with van der Waals surface area (Å²) in [4.78, 5) is 11.0. The molecule has 4 nitrogen and oxygen atoms in total. The lowest BCUT2D eigenvalue weighted by Crippen LogP contribution is -2.55. The van der Waals surface area contributed by atoms with E-state index in [2.05, 4.69) is 21.2 Å². The van der Waals surface area contributed by atoms with Crippen molar-refractivity contribution in [2.45, 2.75) is 49.8 Å². The maximum absolute atomic E-state index is 11.0. The number of halogens is 1. The standard InChI is InChI=1S/C16H20BrNO3/c17-12-6-4-11(5-7-12)16(21-10-15(19)20)8-13-2-1-3-14(9-16)18-13/h4-7,13-14,18H,1-3,8-10H2,(H,19,20). The molecule has 0 radical (unpaired) electrons. The molecule has 2 aliphatic heterocycles. The molecule has 1 aromatic carbocycles. The zero-order valence-electron chi connectivity index (χ0n) is 11.8. The first-order valence-corrected chi connectivity index (χ1v) is 8.24. The van der Waals surface area contributed by atoms with Crippen LogP contribution in [0, 0.1) is 0 Å². The summed E-state index contributed by atoms with van der Waals surface area (Å²) < 4.78 is 6.96. The van der Waals surface area contributed by atoms with Gasteiger partial charge in [0.25, 0.3) is 0 Å². The van der Waals surface area contributed by atoms with Crippen LogP contribution in [0.2, 0.25) is 0 Å². The molecule has 5 heteroatoms. The third kappa shape index (κ3) is 3.30. The quantitative estimate of drug-likeness (QED) is 0.873. The molecule has 114 valence electrons. The molecule has 3 rings (SSSR count). The van der Waals surface area contributed by atoms with Gasteiger partial charge in [-0.1, -0.05) is 34.5 Å². The number of nitrogens with one attached hydrogen (secondary N) is 1.